The molecule has 2 amide bonds. The Labute approximate surface area is 235 Å². The molecule has 0 unspecified atom stereocenters. The topological polar surface area (TPSA) is 40.6 Å². The molecule has 4 nitrogen and oxygen atoms in total. The first kappa shape index (κ1) is 26.9. The monoisotopic (exact) mass is 536 g/mol. The van der Waals surface area contributed by atoms with Gasteiger partial charge in [0.15, 0.2) is 0 Å². The third-order valence-corrected chi connectivity index (χ3v) is 8.52. The van der Waals surface area contributed by atoms with Crippen molar-refractivity contribution in [3.05, 3.63) is 118 Å². The molecule has 0 spiro atoms. The Morgan fingerprint density at radius 2 is 1.38 bits per heavy atom. The molecule has 4 aromatic rings. The largest absolute Gasteiger partial charge is 0.332 e. The molecule has 0 radical (unpaired) electrons. The summed E-state index contributed by atoms with van der Waals surface area (Å²) in [6.45, 7) is 3.25. The lowest BCUT2D eigenvalue weighted by molar-refractivity contribution is -0.133. The molecule has 200 valence electrons. The van der Waals surface area contributed by atoms with Crippen molar-refractivity contribution in [3.63, 3.8) is 0 Å². The first-order chi connectivity index (χ1) is 19.1. The Hall–Kier alpha value is -3.70. The van der Waals surface area contributed by atoms with Crippen molar-refractivity contribution >= 4 is 23.2 Å². The number of carbonyl (C=O) groups excluding carboxylic acids is 2. The van der Waals surface area contributed by atoms with Gasteiger partial charge < -0.3 is 9.80 Å². The molecule has 0 atom stereocenters. The minimum atomic E-state index is -0.0542. The molecule has 0 N–H and O–H groups in total. The Morgan fingerprint density at radius 1 is 0.744 bits per heavy atom. The van der Waals surface area contributed by atoms with Crippen LogP contribution in [0.1, 0.15) is 57.8 Å². The fourth-order valence-electron chi connectivity index (χ4n) is 5.40. The number of rotatable bonds is 9. The maximum atomic E-state index is 13.9. The first-order valence-corrected chi connectivity index (χ1v) is 14.7. The fourth-order valence-corrected chi connectivity index (χ4v) is 6.31. The second-order valence-electron chi connectivity index (χ2n) is 10.4. The van der Waals surface area contributed by atoms with Crippen LogP contribution in [-0.2, 0) is 17.9 Å². The van der Waals surface area contributed by atoms with Crippen LogP contribution >= 0.6 is 11.3 Å². The zero-order chi connectivity index (χ0) is 27.0. The van der Waals surface area contributed by atoms with E-state index < -0.39 is 0 Å². The average molecular weight is 537 g/mol. The maximum absolute atomic E-state index is 13.9. The van der Waals surface area contributed by atoms with E-state index in [1.165, 1.54) is 11.3 Å². The standard InChI is InChI=1S/C34H36N2O2S/c1-26-17-22-32(39-26)24-35(23-27-11-5-2-6-12-27)33(37)25-36(31-15-9-4-10-16-31)34(38)30-20-18-29(19-21-30)28-13-7-3-8-14-28/h2-3,5-8,11-14,17-22,31H,4,9-10,15-16,23-25H2,1H3. The Bertz CT molecular complexity index is 1360. The number of aryl methyl sites for hydroxylation is 1. The van der Waals surface area contributed by atoms with Crippen molar-refractivity contribution in [2.75, 3.05) is 6.54 Å². The lowest BCUT2D eigenvalue weighted by atomic mass is 9.93. The summed E-state index contributed by atoms with van der Waals surface area (Å²) in [5.74, 6) is -0.0637. The normalized spacial score (nSPS) is 13.7. The van der Waals surface area contributed by atoms with Gasteiger partial charge in [0.2, 0.25) is 5.91 Å². The molecule has 5 rings (SSSR count). The van der Waals surface area contributed by atoms with Gasteiger partial charge in [0.1, 0.15) is 6.54 Å². The summed E-state index contributed by atoms with van der Waals surface area (Å²) < 4.78 is 0. The van der Waals surface area contributed by atoms with Gasteiger partial charge in [-0.1, -0.05) is 92.1 Å². The molecule has 0 bridgehead atoms. The number of amides is 2. The highest BCUT2D eigenvalue weighted by atomic mass is 32.1. The lowest BCUT2D eigenvalue weighted by Gasteiger charge is -2.35. The van der Waals surface area contributed by atoms with Gasteiger partial charge in [-0.05, 0) is 60.7 Å². The average Bonchev–Trinajstić information content (AvgIpc) is 3.41. The highest BCUT2D eigenvalue weighted by molar-refractivity contribution is 7.11. The molecule has 1 aliphatic carbocycles. The molecule has 0 aliphatic heterocycles. The van der Waals surface area contributed by atoms with E-state index in [9.17, 15) is 9.59 Å². The molecule has 1 fully saturated rings. The van der Waals surface area contributed by atoms with E-state index in [0.717, 1.165) is 47.3 Å². The highest BCUT2D eigenvalue weighted by Crippen LogP contribution is 2.26. The summed E-state index contributed by atoms with van der Waals surface area (Å²) >= 11 is 1.72. The zero-order valence-electron chi connectivity index (χ0n) is 22.6. The number of carbonyl (C=O) groups is 2. The summed E-state index contributed by atoms with van der Waals surface area (Å²) in [5, 5.41) is 0. The van der Waals surface area contributed by atoms with Crippen molar-refractivity contribution in [3.8, 4) is 11.1 Å². The molecule has 1 aliphatic rings. The van der Waals surface area contributed by atoms with Gasteiger partial charge in [0, 0.05) is 27.9 Å². The summed E-state index contributed by atoms with van der Waals surface area (Å²) in [6.07, 6.45) is 5.28. The Kier molecular flexibility index (Phi) is 8.89. The summed E-state index contributed by atoms with van der Waals surface area (Å²) in [7, 11) is 0. The Balaban J connectivity index is 1.38. The van der Waals surface area contributed by atoms with Crippen LogP contribution in [0.25, 0.3) is 11.1 Å². The molecule has 0 saturated heterocycles. The molecule has 1 aromatic heterocycles. The van der Waals surface area contributed by atoms with Crippen molar-refractivity contribution in [1.29, 1.82) is 0 Å². The van der Waals surface area contributed by atoms with Crippen LogP contribution in [0.3, 0.4) is 0 Å². The van der Waals surface area contributed by atoms with Gasteiger partial charge in [0.25, 0.3) is 5.91 Å². The number of benzene rings is 3. The third-order valence-electron chi connectivity index (χ3n) is 7.53. The van der Waals surface area contributed by atoms with Gasteiger partial charge in [-0.15, -0.1) is 11.3 Å². The van der Waals surface area contributed by atoms with E-state index in [0.29, 0.717) is 18.7 Å². The van der Waals surface area contributed by atoms with E-state index in [1.54, 1.807) is 11.3 Å². The SMILES string of the molecule is Cc1ccc(CN(Cc2ccccc2)C(=O)CN(C(=O)c2ccc(-c3ccccc3)cc2)C2CCCCC2)s1. The second kappa shape index (κ2) is 12.9. The lowest BCUT2D eigenvalue weighted by Crippen LogP contribution is -2.48. The molecule has 39 heavy (non-hydrogen) atoms. The number of nitrogens with zero attached hydrogens (tertiary/aromatic N) is 2. The van der Waals surface area contributed by atoms with Gasteiger partial charge in [0.05, 0.1) is 6.54 Å². The second-order valence-corrected chi connectivity index (χ2v) is 11.8. The van der Waals surface area contributed by atoms with Crippen molar-refractivity contribution in [2.45, 2.75) is 58.2 Å². The van der Waals surface area contributed by atoms with Crippen molar-refractivity contribution in [2.24, 2.45) is 0 Å². The fraction of sp³-hybridized carbons (Fsp3) is 0.294. The smallest absolute Gasteiger partial charge is 0.254 e. The van der Waals surface area contributed by atoms with Gasteiger partial charge in [-0.3, -0.25) is 9.59 Å². The predicted octanol–water partition coefficient (Wildman–Crippen LogP) is 7.73. The third kappa shape index (κ3) is 7.04. The Morgan fingerprint density at radius 3 is 2.03 bits per heavy atom. The van der Waals surface area contributed by atoms with Crippen LogP contribution in [0.4, 0.5) is 0 Å². The van der Waals surface area contributed by atoms with E-state index in [1.807, 2.05) is 70.5 Å². The minimum Gasteiger partial charge on any atom is -0.332 e. The molecule has 1 saturated carbocycles. The number of hydrogen-bond acceptors (Lipinski definition) is 3. The van der Waals surface area contributed by atoms with Crippen LogP contribution < -0.4 is 0 Å². The van der Waals surface area contributed by atoms with Gasteiger partial charge >= 0.3 is 0 Å². The summed E-state index contributed by atoms with van der Waals surface area (Å²) in [5.41, 5.74) is 3.92. The highest BCUT2D eigenvalue weighted by Gasteiger charge is 2.30. The van der Waals surface area contributed by atoms with E-state index in [2.05, 4.69) is 43.3 Å². The van der Waals surface area contributed by atoms with E-state index in [4.69, 9.17) is 0 Å². The predicted molar refractivity (Wildman–Crippen MR) is 160 cm³/mol. The van der Waals surface area contributed by atoms with Crippen LogP contribution in [0.2, 0.25) is 0 Å². The van der Waals surface area contributed by atoms with Gasteiger partial charge in [-0.25, -0.2) is 0 Å². The van der Waals surface area contributed by atoms with Gasteiger partial charge in [-0.2, -0.15) is 0 Å². The molecular weight excluding hydrogens is 500 g/mol. The summed E-state index contributed by atoms with van der Waals surface area (Å²) in [4.78, 5) is 34.0. The summed E-state index contributed by atoms with van der Waals surface area (Å²) in [6, 6.07) is 32.4. The number of thiophene rings is 1. The van der Waals surface area contributed by atoms with Crippen LogP contribution in [0.5, 0.6) is 0 Å². The van der Waals surface area contributed by atoms with Crippen LogP contribution in [0.15, 0.2) is 97.1 Å². The molecule has 5 heteroatoms. The number of hydrogen-bond donors (Lipinski definition) is 0. The van der Waals surface area contributed by atoms with E-state index >= 15 is 0 Å². The molecular formula is C34H36N2O2S. The van der Waals surface area contributed by atoms with Crippen molar-refractivity contribution in [1.82, 2.24) is 9.80 Å². The zero-order valence-corrected chi connectivity index (χ0v) is 23.4. The molecule has 3 aromatic carbocycles. The quantitative estimate of drug-likeness (QED) is 0.220. The van der Waals surface area contributed by atoms with E-state index in [-0.39, 0.29) is 24.4 Å². The molecule has 1 heterocycles. The van der Waals surface area contributed by atoms with Crippen LogP contribution in [-0.4, -0.2) is 34.2 Å². The first-order valence-electron chi connectivity index (χ1n) is 13.9. The van der Waals surface area contributed by atoms with Crippen LogP contribution in [0, 0.1) is 6.92 Å². The van der Waals surface area contributed by atoms with Crippen molar-refractivity contribution < 1.29 is 9.59 Å². The minimum absolute atomic E-state index is 0.00950. The maximum Gasteiger partial charge on any atom is 0.254 e.